The molecule has 0 bridgehead atoms. The quantitative estimate of drug-likeness (QED) is 0.816. The van der Waals surface area contributed by atoms with Crippen LogP contribution in [-0.4, -0.2) is 17.5 Å². The smallest absolute Gasteiger partial charge is 0.333 e. The Kier molecular flexibility index (Phi) is 3.47. The van der Waals surface area contributed by atoms with E-state index in [1.165, 1.54) is 6.92 Å². The van der Waals surface area contributed by atoms with Gasteiger partial charge in [-0.25, -0.2) is 4.79 Å². The number of carboxylic acids is 1. The SMILES string of the molecule is CC(NC=O)(C(=O)O)c1cccc(Br)c1. The van der Waals surface area contributed by atoms with Gasteiger partial charge in [-0.1, -0.05) is 28.1 Å². The maximum atomic E-state index is 11.1. The molecule has 1 unspecified atom stereocenters. The molecule has 4 nitrogen and oxygen atoms in total. The molecule has 0 aliphatic carbocycles. The van der Waals surface area contributed by atoms with Crippen LogP contribution >= 0.6 is 15.9 Å². The molecular weight excluding hydrogens is 262 g/mol. The maximum absolute atomic E-state index is 11.1. The van der Waals surface area contributed by atoms with Crippen LogP contribution in [0.3, 0.4) is 0 Å². The lowest BCUT2D eigenvalue weighted by Gasteiger charge is -2.24. The highest BCUT2D eigenvalue weighted by atomic mass is 79.9. The van der Waals surface area contributed by atoms with Crippen LogP contribution in [0, 0.1) is 0 Å². The van der Waals surface area contributed by atoms with Gasteiger partial charge in [-0.05, 0) is 24.6 Å². The molecule has 15 heavy (non-hydrogen) atoms. The number of hydrogen-bond acceptors (Lipinski definition) is 2. The number of aliphatic carboxylic acids is 1. The molecule has 0 spiro atoms. The van der Waals surface area contributed by atoms with E-state index in [1.54, 1.807) is 24.3 Å². The fourth-order valence-electron chi connectivity index (χ4n) is 1.19. The highest BCUT2D eigenvalue weighted by molar-refractivity contribution is 9.10. The van der Waals surface area contributed by atoms with Gasteiger partial charge in [-0.3, -0.25) is 4.79 Å². The van der Waals surface area contributed by atoms with E-state index in [9.17, 15) is 9.59 Å². The number of benzene rings is 1. The summed E-state index contributed by atoms with van der Waals surface area (Å²) < 4.78 is 0.764. The molecule has 1 amide bonds. The second kappa shape index (κ2) is 4.44. The van der Waals surface area contributed by atoms with Crippen molar-refractivity contribution in [1.29, 1.82) is 0 Å². The summed E-state index contributed by atoms with van der Waals surface area (Å²) in [5.41, 5.74) is -0.887. The summed E-state index contributed by atoms with van der Waals surface area (Å²) >= 11 is 3.25. The van der Waals surface area contributed by atoms with Gasteiger partial charge in [0.25, 0.3) is 0 Å². The summed E-state index contributed by atoms with van der Waals surface area (Å²) in [5.74, 6) is -1.10. The second-order valence-electron chi connectivity index (χ2n) is 3.20. The summed E-state index contributed by atoms with van der Waals surface area (Å²) in [4.78, 5) is 21.5. The van der Waals surface area contributed by atoms with Crippen molar-refractivity contribution in [3.63, 3.8) is 0 Å². The first-order valence-corrected chi connectivity index (χ1v) is 5.01. The molecule has 80 valence electrons. The lowest BCUT2D eigenvalue weighted by atomic mass is 9.92. The predicted molar refractivity (Wildman–Crippen MR) is 58.3 cm³/mol. The molecule has 0 saturated heterocycles. The Hall–Kier alpha value is -1.36. The molecule has 0 heterocycles. The van der Waals surface area contributed by atoms with E-state index in [4.69, 9.17) is 5.11 Å². The van der Waals surface area contributed by atoms with E-state index in [2.05, 4.69) is 21.2 Å². The Labute approximate surface area is 95.4 Å². The van der Waals surface area contributed by atoms with Crippen LogP contribution in [0.4, 0.5) is 0 Å². The zero-order valence-corrected chi connectivity index (χ0v) is 9.61. The van der Waals surface area contributed by atoms with E-state index in [-0.39, 0.29) is 0 Å². The molecule has 1 rings (SSSR count). The molecule has 0 saturated carbocycles. The molecule has 0 fully saturated rings. The number of carbonyl (C=O) groups is 2. The Morgan fingerprint density at radius 2 is 2.27 bits per heavy atom. The standard InChI is InChI=1S/C10H10BrNO3/c1-10(9(14)15,12-6-13)7-3-2-4-8(11)5-7/h2-6H,1H3,(H,12,13)(H,14,15). The van der Waals surface area contributed by atoms with E-state index in [1.807, 2.05) is 0 Å². The fourth-order valence-corrected chi connectivity index (χ4v) is 1.59. The van der Waals surface area contributed by atoms with Gasteiger partial charge in [0.2, 0.25) is 6.41 Å². The minimum absolute atomic E-state index is 0.384. The number of nitrogens with one attached hydrogen (secondary N) is 1. The summed E-state index contributed by atoms with van der Waals surface area (Å²) in [6.07, 6.45) is 0.384. The van der Waals surface area contributed by atoms with Gasteiger partial charge in [0, 0.05) is 4.47 Å². The van der Waals surface area contributed by atoms with Gasteiger partial charge in [0.15, 0.2) is 5.54 Å². The summed E-state index contributed by atoms with van der Waals surface area (Å²) in [6, 6.07) is 6.81. The third-order valence-corrected chi connectivity index (χ3v) is 2.67. The van der Waals surface area contributed by atoms with Crippen molar-refractivity contribution in [2.45, 2.75) is 12.5 Å². The first kappa shape index (κ1) is 11.7. The summed E-state index contributed by atoms with van der Waals surface area (Å²) in [7, 11) is 0. The van der Waals surface area contributed by atoms with Crippen LogP contribution in [0.15, 0.2) is 28.7 Å². The molecule has 5 heteroatoms. The van der Waals surface area contributed by atoms with Gasteiger partial charge in [0.1, 0.15) is 0 Å². The van der Waals surface area contributed by atoms with E-state index in [0.29, 0.717) is 12.0 Å². The molecule has 1 atom stereocenters. The topological polar surface area (TPSA) is 66.4 Å². The molecule has 0 aromatic heterocycles. The lowest BCUT2D eigenvalue weighted by molar-refractivity contribution is -0.145. The van der Waals surface area contributed by atoms with Crippen LogP contribution in [0.5, 0.6) is 0 Å². The lowest BCUT2D eigenvalue weighted by Crippen LogP contribution is -2.45. The normalized spacial score (nSPS) is 14.0. The van der Waals surface area contributed by atoms with E-state index in [0.717, 1.165) is 4.47 Å². The van der Waals surface area contributed by atoms with Crippen molar-refractivity contribution < 1.29 is 14.7 Å². The van der Waals surface area contributed by atoms with Crippen LogP contribution in [0.2, 0.25) is 0 Å². The summed E-state index contributed by atoms with van der Waals surface area (Å²) in [6.45, 7) is 1.44. The average Bonchev–Trinajstić information content (AvgIpc) is 2.17. The van der Waals surface area contributed by atoms with Crippen molar-refractivity contribution in [3.05, 3.63) is 34.3 Å². The average molecular weight is 272 g/mol. The Morgan fingerprint density at radius 3 is 2.73 bits per heavy atom. The van der Waals surface area contributed by atoms with Crippen LogP contribution in [0.25, 0.3) is 0 Å². The Morgan fingerprint density at radius 1 is 1.60 bits per heavy atom. The predicted octanol–water partition coefficient (Wildman–Crippen LogP) is 1.49. The minimum atomic E-state index is -1.40. The van der Waals surface area contributed by atoms with Gasteiger partial charge >= 0.3 is 5.97 Å². The molecule has 2 N–H and O–H groups in total. The Balaban J connectivity index is 3.20. The van der Waals surface area contributed by atoms with Gasteiger partial charge in [0.05, 0.1) is 0 Å². The first-order chi connectivity index (χ1) is 7.00. The van der Waals surface area contributed by atoms with Crippen molar-refractivity contribution in [2.75, 3.05) is 0 Å². The molecule has 1 aromatic carbocycles. The molecule has 0 radical (unpaired) electrons. The fraction of sp³-hybridized carbons (Fsp3) is 0.200. The van der Waals surface area contributed by atoms with Crippen molar-refractivity contribution in [2.24, 2.45) is 0 Å². The van der Waals surface area contributed by atoms with Gasteiger partial charge in [-0.2, -0.15) is 0 Å². The number of rotatable bonds is 4. The number of halogens is 1. The largest absolute Gasteiger partial charge is 0.479 e. The van der Waals surface area contributed by atoms with Crippen molar-refractivity contribution in [3.8, 4) is 0 Å². The second-order valence-corrected chi connectivity index (χ2v) is 4.12. The minimum Gasteiger partial charge on any atom is -0.479 e. The van der Waals surface area contributed by atoms with Crippen LogP contribution in [-0.2, 0) is 15.1 Å². The number of amides is 1. The molecular formula is C10H10BrNO3. The third-order valence-electron chi connectivity index (χ3n) is 2.18. The van der Waals surface area contributed by atoms with Crippen LogP contribution < -0.4 is 5.32 Å². The highest BCUT2D eigenvalue weighted by Crippen LogP contribution is 2.23. The number of carboxylic acid groups (broad SMARTS) is 1. The van der Waals surface area contributed by atoms with Gasteiger partial charge < -0.3 is 10.4 Å². The van der Waals surface area contributed by atoms with Crippen molar-refractivity contribution in [1.82, 2.24) is 5.32 Å². The highest BCUT2D eigenvalue weighted by Gasteiger charge is 2.34. The monoisotopic (exact) mass is 271 g/mol. The van der Waals surface area contributed by atoms with E-state index >= 15 is 0 Å². The molecule has 1 aromatic rings. The maximum Gasteiger partial charge on any atom is 0.333 e. The zero-order chi connectivity index (χ0) is 11.5. The number of hydrogen-bond donors (Lipinski definition) is 2. The molecule has 0 aliphatic heterocycles. The van der Waals surface area contributed by atoms with Crippen LogP contribution in [0.1, 0.15) is 12.5 Å². The summed E-state index contributed by atoms with van der Waals surface area (Å²) in [5, 5.41) is 11.4. The van der Waals surface area contributed by atoms with E-state index < -0.39 is 11.5 Å². The Bertz CT molecular complexity index is 394. The number of carbonyl (C=O) groups excluding carboxylic acids is 1. The first-order valence-electron chi connectivity index (χ1n) is 4.21. The van der Waals surface area contributed by atoms with Crippen molar-refractivity contribution >= 4 is 28.3 Å². The molecule has 0 aliphatic rings. The zero-order valence-electron chi connectivity index (χ0n) is 8.03. The van der Waals surface area contributed by atoms with Gasteiger partial charge in [-0.15, -0.1) is 0 Å². The third kappa shape index (κ3) is 2.36.